The first-order valence-corrected chi connectivity index (χ1v) is 6.93. The molecule has 2 aromatic heterocycles. The first kappa shape index (κ1) is 13.5. The van der Waals surface area contributed by atoms with Gasteiger partial charge in [0.1, 0.15) is 6.33 Å². The summed E-state index contributed by atoms with van der Waals surface area (Å²) in [6.07, 6.45) is 7.61. The number of hydrogen-bond donors (Lipinski definition) is 1. The molecule has 4 nitrogen and oxygen atoms in total. The quantitative estimate of drug-likeness (QED) is 0.799. The maximum absolute atomic E-state index is 9.04. The average Bonchev–Trinajstić information content (AvgIpc) is 2.88. The molecule has 0 bridgehead atoms. The third-order valence-corrected chi connectivity index (χ3v) is 3.41. The van der Waals surface area contributed by atoms with Gasteiger partial charge in [-0.3, -0.25) is 0 Å². The Morgan fingerprint density at radius 2 is 2.05 bits per heavy atom. The van der Waals surface area contributed by atoms with E-state index in [-0.39, 0.29) is 6.61 Å². The Balaban J connectivity index is 1.88. The van der Waals surface area contributed by atoms with Crippen LogP contribution in [0, 0.1) is 6.92 Å². The standard InChI is InChI=1S/C17H17N3O/c1-13-10-16(19-12-18-13)4-2-14-3-5-17-15(11-14)6-7-20(17)8-9-21/h2-7,10-12,21H,8-9H2,1H3/b4-2+. The first-order valence-electron chi connectivity index (χ1n) is 6.93. The van der Waals surface area contributed by atoms with Crippen LogP contribution in [0.25, 0.3) is 23.1 Å². The molecule has 0 saturated heterocycles. The highest BCUT2D eigenvalue weighted by atomic mass is 16.3. The molecule has 0 saturated carbocycles. The van der Waals surface area contributed by atoms with Crippen LogP contribution in [0.4, 0.5) is 0 Å². The molecule has 0 aliphatic rings. The van der Waals surface area contributed by atoms with Gasteiger partial charge >= 0.3 is 0 Å². The lowest BCUT2D eigenvalue weighted by Crippen LogP contribution is -1.99. The number of rotatable bonds is 4. The molecule has 3 rings (SSSR count). The third kappa shape index (κ3) is 3.01. The molecular weight excluding hydrogens is 262 g/mol. The fourth-order valence-electron chi connectivity index (χ4n) is 2.37. The summed E-state index contributed by atoms with van der Waals surface area (Å²) in [4.78, 5) is 8.30. The van der Waals surface area contributed by atoms with Crippen LogP contribution in [-0.4, -0.2) is 26.2 Å². The smallest absolute Gasteiger partial charge is 0.116 e. The van der Waals surface area contributed by atoms with Crippen LogP contribution in [0.3, 0.4) is 0 Å². The molecule has 3 aromatic rings. The molecular formula is C17H17N3O. The minimum absolute atomic E-state index is 0.151. The van der Waals surface area contributed by atoms with Crippen LogP contribution >= 0.6 is 0 Å². The van der Waals surface area contributed by atoms with Gasteiger partial charge in [0.2, 0.25) is 0 Å². The van der Waals surface area contributed by atoms with Gasteiger partial charge in [-0.1, -0.05) is 12.1 Å². The highest BCUT2D eigenvalue weighted by Crippen LogP contribution is 2.19. The molecule has 2 heterocycles. The zero-order chi connectivity index (χ0) is 14.7. The number of fused-ring (bicyclic) bond motifs is 1. The van der Waals surface area contributed by atoms with Crippen LogP contribution < -0.4 is 0 Å². The summed E-state index contributed by atoms with van der Waals surface area (Å²) >= 11 is 0. The van der Waals surface area contributed by atoms with Gasteiger partial charge in [-0.25, -0.2) is 9.97 Å². The molecule has 0 amide bonds. The lowest BCUT2D eigenvalue weighted by atomic mass is 10.1. The van der Waals surface area contributed by atoms with Crippen molar-refractivity contribution in [1.82, 2.24) is 14.5 Å². The van der Waals surface area contributed by atoms with E-state index in [0.29, 0.717) is 6.54 Å². The summed E-state index contributed by atoms with van der Waals surface area (Å²) < 4.78 is 2.05. The van der Waals surface area contributed by atoms with E-state index in [4.69, 9.17) is 5.11 Å². The van der Waals surface area contributed by atoms with Gasteiger partial charge in [0.05, 0.1) is 12.3 Å². The van der Waals surface area contributed by atoms with E-state index in [1.54, 1.807) is 6.33 Å². The van der Waals surface area contributed by atoms with E-state index in [2.05, 4.69) is 38.8 Å². The van der Waals surface area contributed by atoms with Crippen LogP contribution in [0.5, 0.6) is 0 Å². The molecule has 0 unspecified atom stereocenters. The Hall–Kier alpha value is -2.46. The molecule has 0 spiro atoms. The van der Waals surface area contributed by atoms with Crippen LogP contribution in [-0.2, 0) is 6.54 Å². The van der Waals surface area contributed by atoms with E-state index in [9.17, 15) is 0 Å². The fraction of sp³-hybridized carbons (Fsp3) is 0.176. The number of benzene rings is 1. The number of nitrogens with zero attached hydrogens (tertiary/aromatic N) is 3. The summed E-state index contributed by atoms with van der Waals surface area (Å²) in [7, 11) is 0. The van der Waals surface area contributed by atoms with E-state index in [1.807, 2.05) is 31.3 Å². The Morgan fingerprint density at radius 1 is 1.14 bits per heavy atom. The topological polar surface area (TPSA) is 50.9 Å². The SMILES string of the molecule is Cc1cc(/C=C/c2ccc3c(ccn3CCO)c2)ncn1. The maximum Gasteiger partial charge on any atom is 0.116 e. The summed E-state index contributed by atoms with van der Waals surface area (Å²) in [5.74, 6) is 0. The Bertz CT molecular complexity index is 790. The normalized spacial score (nSPS) is 11.5. The van der Waals surface area contributed by atoms with Gasteiger partial charge in [0.25, 0.3) is 0 Å². The van der Waals surface area contributed by atoms with Crippen LogP contribution in [0.15, 0.2) is 42.9 Å². The van der Waals surface area contributed by atoms with Gasteiger partial charge in [-0.15, -0.1) is 0 Å². The van der Waals surface area contributed by atoms with Crippen molar-refractivity contribution in [3.8, 4) is 0 Å². The van der Waals surface area contributed by atoms with Crippen LogP contribution in [0.1, 0.15) is 17.0 Å². The van der Waals surface area contributed by atoms with Gasteiger partial charge in [0.15, 0.2) is 0 Å². The van der Waals surface area contributed by atoms with Crippen molar-refractivity contribution in [2.75, 3.05) is 6.61 Å². The second-order valence-electron chi connectivity index (χ2n) is 4.97. The van der Waals surface area contributed by atoms with Crippen molar-refractivity contribution in [3.63, 3.8) is 0 Å². The maximum atomic E-state index is 9.04. The van der Waals surface area contributed by atoms with Gasteiger partial charge < -0.3 is 9.67 Å². The minimum Gasteiger partial charge on any atom is -0.395 e. The second-order valence-corrected chi connectivity index (χ2v) is 4.97. The molecule has 0 aliphatic carbocycles. The molecule has 0 fully saturated rings. The summed E-state index contributed by atoms with van der Waals surface area (Å²) in [5.41, 5.74) is 4.13. The molecule has 4 heteroatoms. The molecule has 21 heavy (non-hydrogen) atoms. The second kappa shape index (κ2) is 5.89. The molecule has 1 N–H and O–H groups in total. The number of aromatic nitrogens is 3. The van der Waals surface area contributed by atoms with Crippen molar-refractivity contribution in [2.45, 2.75) is 13.5 Å². The zero-order valence-corrected chi connectivity index (χ0v) is 11.9. The van der Waals surface area contributed by atoms with E-state index >= 15 is 0 Å². The minimum atomic E-state index is 0.151. The Kier molecular flexibility index (Phi) is 3.79. The van der Waals surface area contributed by atoms with Crippen LogP contribution in [0.2, 0.25) is 0 Å². The largest absolute Gasteiger partial charge is 0.395 e. The van der Waals surface area contributed by atoms with Crippen molar-refractivity contribution >= 4 is 23.1 Å². The van der Waals surface area contributed by atoms with Crippen molar-refractivity contribution in [1.29, 1.82) is 0 Å². The summed E-state index contributed by atoms with van der Waals surface area (Å²) in [6.45, 7) is 2.73. The highest BCUT2D eigenvalue weighted by Gasteiger charge is 2.00. The predicted octanol–water partition coefficient (Wildman–Crippen LogP) is 2.90. The van der Waals surface area contributed by atoms with Gasteiger partial charge in [-0.2, -0.15) is 0 Å². The number of hydrogen-bond acceptors (Lipinski definition) is 3. The van der Waals surface area contributed by atoms with Crippen molar-refractivity contribution in [2.24, 2.45) is 0 Å². The molecule has 0 aliphatic heterocycles. The monoisotopic (exact) mass is 279 g/mol. The van der Waals surface area contributed by atoms with Gasteiger partial charge in [0, 0.05) is 29.3 Å². The Morgan fingerprint density at radius 3 is 2.86 bits per heavy atom. The van der Waals surface area contributed by atoms with E-state index in [1.165, 1.54) is 5.39 Å². The zero-order valence-electron chi connectivity index (χ0n) is 11.9. The highest BCUT2D eigenvalue weighted by molar-refractivity contribution is 5.84. The molecule has 1 aromatic carbocycles. The number of aliphatic hydroxyl groups excluding tert-OH is 1. The summed E-state index contributed by atoms with van der Waals surface area (Å²) in [5, 5.41) is 10.2. The lowest BCUT2D eigenvalue weighted by molar-refractivity contribution is 0.278. The molecule has 0 radical (unpaired) electrons. The van der Waals surface area contributed by atoms with E-state index < -0.39 is 0 Å². The lowest BCUT2D eigenvalue weighted by Gasteiger charge is -2.02. The van der Waals surface area contributed by atoms with Gasteiger partial charge in [-0.05, 0) is 42.8 Å². The number of aryl methyl sites for hydroxylation is 1. The predicted molar refractivity (Wildman–Crippen MR) is 84.7 cm³/mol. The first-order chi connectivity index (χ1) is 10.3. The number of aliphatic hydroxyl groups is 1. The molecule has 106 valence electrons. The van der Waals surface area contributed by atoms with E-state index in [0.717, 1.165) is 22.5 Å². The molecule has 0 atom stereocenters. The summed E-state index contributed by atoms with van der Waals surface area (Å²) in [6, 6.07) is 10.3. The van der Waals surface area contributed by atoms with Crippen molar-refractivity contribution in [3.05, 3.63) is 59.8 Å². The van der Waals surface area contributed by atoms with Crippen molar-refractivity contribution < 1.29 is 5.11 Å². The Labute approximate surface area is 123 Å². The average molecular weight is 279 g/mol. The third-order valence-electron chi connectivity index (χ3n) is 3.41. The fourth-order valence-corrected chi connectivity index (χ4v) is 2.37.